The SMILES string of the molecule is CC(C)C(=O)Nc1nc2c(ncn2[C@@H]2O[C@@H]3COP(O)(=S)O[C@@H]4[C@@H](COP(=O)(OCCC#N)O[C@@H]2[C@@H]3F)C[C@@H](Nc2ccncn2)[C@@H]4F)c(=O)[nH]1. The second-order valence-electron chi connectivity index (χ2n) is 12.1. The fourth-order valence-electron chi connectivity index (χ4n) is 5.68. The Morgan fingerprint density at radius 1 is 1.25 bits per heavy atom. The van der Waals surface area contributed by atoms with Gasteiger partial charge < -0.3 is 24.0 Å². The molecule has 0 aromatic carbocycles. The maximum absolute atomic E-state index is 16.3. The lowest BCUT2D eigenvalue weighted by atomic mass is 10.1. The van der Waals surface area contributed by atoms with Gasteiger partial charge in [0, 0.05) is 18.0 Å². The van der Waals surface area contributed by atoms with Gasteiger partial charge in [-0.1, -0.05) is 13.8 Å². The first-order valence-electron chi connectivity index (χ1n) is 15.6. The van der Waals surface area contributed by atoms with Crippen molar-refractivity contribution in [2.45, 2.75) is 69.6 Å². The Labute approximate surface area is 293 Å². The van der Waals surface area contributed by atoms with Crippen LogP contribution in [0.3, 0.4) is 0 Å². The summed E-state index contributed by atoms with van der Waals surface area (Å²) in [4.78, 5) is 54.8. The van der Waals surface area contributed by atoms with Crippen LogP contribution < -0.4 is 16.2 Å². The van der Waals surface area contributed by atoms with Crippen molar-refractivity contribution in [2.24, 2.45) is 11.8 Å². The van der Waals surface area contributed by atoms with Crippen LogP contribution in [0.4, 0.5) is 20.5 Å². The zero-order chi connectivity index (χ0) is 36.5. The minimum atomic E-state index is -4.82. The smallest absolute Gasteiger partial charge is 0.364 e. The van der Waals surface area contributed by atoms with Gasteiger partial charge in [-0.05, 0) is 24.3 Å². The van der Waals surface area contributed by atoms with E-state index in [1.54, 1.807) is 13.8 Å². The van der Waals surface area contributed by atoms with E-state index in [1.807, 2.05) is 6.07 Å². The molecule has 276 valence electrons. The van der Waals surface area contributed by atoms with Crippen molar-refractivity contribution in [1.29, 1.82) is 5.26 Å². The minimum absolute atomic E-state index is 0.0101. The van der Waals surface area contributed by atoms with Crippen LogP contribution in [0, 0.1) is 23.2 Å². The van der Waals surface area contributed by atoms with Crippen LogP contribution in [0.2, 0.25) is 0 Å². The van der Waals surface area contributed by atoms with Gasteiger partial charge >= 0.3 is 14.5 Å². The highest BCUT2D eigenvalue weighted by Gasteiger charge is 2.54. The molecule has 3 aliphatic rings. The van der Waals surface area contributed by atoms with Crippen molar-refractivity contribution >= 4 is 55.2 Å². The summed E-state index contributed by atoms with van der Waals surface area (Å²) in [6.07, 6.45) is -6.90. The third-order valence-electron chi connectivity index (χ3n) is 8.19. The highest BCUT2D eigenvalue weighted by atomic mass is 32.5. The summed E-state index contributed by atoms with van der Waals surface area (Å²) in [6.45, 7) is -2.79. The summed E-state index contributed by atoms with van der Waals surface area (Å²) in [5.41, 5.74) is -1.14. The number of halogens is 2. The average Bonchev–Trinajstić information content (AvgIpc) is 3.73. The number of nitrogens with zero attached hydrogens (tertiary/aromatic N) is 6. The van der Waals surface area contributed by atoms with E-state index in [-0.39, 0.29) is 30.0 Å². The average molecular weight is 776 g/mol. The fraction of sp³-hybridized carbons (Fsp3) is 0.593. The van der Waals surface area contributed by atoms with E-state index in [0.29, 0.717) is 5.82 Å². The van der Waals surface area contributed by atoms with Crippen LogP contribution >= 0.6 is 14.5 Å². The van der Waals surface area contributed by atoms with Crippen LogP contribution in [0.1, 0.15) is 32.9 Å². The summed E-state index contributed by atoms with van der Waals surface area (Å²) in [6, 6.07) is 2.40. The lowest BCUT2D eigenvalue weighted by Gasteiger charge is -2.28. The number of nitriles is 1. The number of aromatic nitrogens is 6. The number of imidazole rings is 1. The number of phosphoric ester groups is 1. The van der Waals surface area contributed by atoms with Crippen LogP contribution in [0.15, 0.2) is 29.7 Å². The van der Waals surface area contributed by atoms with E-state index in [4.69, 9.17) is 44.4 Å². The van der Waals surface area contributed by atoms with Crippen molar-refractivity contribution in [3.05, 3.63) is 35.3 Å². The first-order chi connectivity index (χ1) is 24.3. The van der Waals surface area contributed by atoms with Crippen LogP contribution in [-0.2, 0) is 48.5 Å². The Morgan fingerprint density at radius 3 is 2.78 bits per heavy atom. The number of hydrogen-bond donors (Lipinski definition) is 4. The molecule has 2 aliphatic heterocycles. The molecule has 0 radical (unpaired) electrons. The maximum atomic E-state index is 16.3. The molecule has 3 aromatic heterocycles. The van der Waals surface area contributed by atoms with Gasteiger partial charge in [-0.2, -0.15) is 10.2 Å². The number of hydrogen-bond acceptors (Lipinski definition) is 16. The zero-order valence-corrected chi connectivity index (χ0v) is 29.5. The summed E-state index contributed by atoms with van der Waals surface area (Å²) in [7, 11) is -4.82. The number of carbonyl (C=O) groups is 1. The second kappa shape index (κ2) is 15.3. The van der Waals surface area contributed by atoms with Gasteiger partial charge in [0.15, 0.2) is 23.6 Å². The molecule has 1 aliphatic carbocycles. The maximum Gasteiger partial charge on any atom is 0.475 e. The molecule has 2 unspecified atom stereocenters. The van der Waals surface area contributed by atoms with Crippen molar-refractivity contribution in [3.63, 3.8) is 0 Å². The van der Waals surface area contributed by atoms with Gasteiger partial charge in [-0.15, -0.1) is 0 Å². The molecule has 0 spiro atoms. The fourth-order valence-corrected chi connectivity index (χ4v) is 8.56. The van der Waals surface area contributed by atoms with Gasteiger partial charge in [-0.3, -0.25) is 38.0 Å². The third kappa shape index (κ3) is 8.33. The third-order valence-corrected chi connectivity index (χ3v) is 11.2. The normalized spacial score (nSPS) is 34.2. The van der Waals surface area contributed by atoms with Gasteiger partial charge in [0.2, 0.25) is 11.9 Å². The molecule has 3 fully saturated rings. The number of aromatic amines is 1. The Bertz CT molecular complexity index is 1940. The van der Waals surface area contributed by atoms with Crippen LogP contribution in [0.25, 0.3) is 11.2 Å². The number of amides is 1. The van der Waals surface area contributed by atoms with E-state index in [9.17, 15) is 19.0 Å². The predicted molar refractivity (Wildman–Crippen MR) is 175 cm³/mol. The first kappa shape index (κ1) is 37.4. The van der Waals surface area contributed by atoms with Crippen LogP contribution in [-0.4, -0.2) is 96.8 Å². The number of fused-ring (bicyclic) bond motifs is 4. The van der Waals surface area contributed by atoms with Gasteiger partial charge in [0.25, 0.3) is 5.56 Å². The van der Waals surface area contributed by atoms with E-state index < -0.39 is 101 Å². The highest BCUT2D eigenvalue weighted by Crippen LogP contribution is 2.57. The molecule has 5 heterocycles. The Balaban J connectivity index is 1.34. The number of phosphoric acid groups is 1. The largest absolute Gasteiger partial charge is 0.475 e. The molecule has 6 rings (SSSR count). The molecule has 10 atom stereocenters. The summed E-state index contributed by atoms with van der Waals surface area (Å²) in [5.74, 6) is -1.80. The second-order valence-corrected chi connectivity index (χ2v) is 16.5. The quantitative estimate of drug-likeness (QED) is 0.190. The molecule has 3 aromatic rings. The van der Waals surface area contributed by atoms with Gasteiger partial charge in [0.1, 0.15) is 36.6 Å². The van der Waals surface area contributed by atoms with E-state index in [0.717, 1.165) is 10.9 Å². The van der Waals surface area contributed by atoms with E-state index in [2.05, 4.69) is 35.6 Å². The molecule has 19 nitrogen and oxygen atoms in total. The van der Waals surface area contributed by atoms with Crippen molar-refractivity contribution in [3.8, 4) is 6.07 Å². The topological polar surface area (TPSA) is 247 Å². The van der Waals surface area contributed by atoms with Crippen molar-refractivity contribution in [2.75, 3.05) is 30.5 Å². The predicted octanol–water partition coefficient (Wildman–Crippen LogP) is 2.65. The Kier molecular flexibility index (Phi) is 11.2. The molecule has 4 N–H and O–H groups in total. The standard InChI is InChI=1S/C27H33F2N9O10P2S/c1-13(2)24(39)36-27-35-23-20(25(40)37-27)33-12-38(23)26-22-19(29)16(46-26)10-45-50(42,51)48-21-14(9-44-49(41,47-22)43-7-3-5-30)8-15(18(21)28)34-17-4-6-31-11-32-17/h4,6,11-16,18-19,21-22,26H,3,7-10H2,1-2H3,(H,42,51)(H,31,32,34)(H2,35,36,37,39,40)/t14-,15-,16-,18+,19-,21-,22-,26-,49?,50?/m1/s1. The van der Waals surface area contributed by atoms with Crippen molar-refractivity contribution in [1.82, 2.24) is 29.5 Å². The van der Waals surface area contributed by atoms with Gasteiger partial charge in [0.05, 0.1) is 44.7 Å². The molecule has 24 heteroatoms. The molecular weight excluding hydrogens is 742 g/mol. The molecule has 1 amide bonds. The Hall–Kier alpha value is -3.35. The lowest BCUT2D eigenvalue weighted by Crippen LogP contribution is -2.34. The van der Waals surface area contributed by atoms with E-state index in [1.165, 1.54) is 18.6 Å². The lowest BCUT2D eigenvalue weighted by molar-refractivity contribution is -0.118. The Morgan fingerprint density at radius 2 is 2.06 bits per heavy atom. The molecule has 51 heavy (non-hydrogen) atoms. The zero-order valence-electron chi connectivity index (χ0n) is 26.9. The molecule has 1 saturated carbocycles. The molecular formula is C27H33F2N9O10P2S. The summed E-state index contributed by atoms with van der Waals surface area (Å²) >= 11 is 5.18. The number of rotatable bonds is 8. The summed E-state index contributed by atoms with van der Waals surface area (Å²) in [5, 5.41) is 14.5. The molecule has 2 bridgehead atoms. The number of ether oxygens (including phenoxy) is 1. The van der Waals surface area contributed by atoms with Gasteiger partial charge in [-0.25, -0.2) is 28.3 Å². The number of nitrogens with one attached hydrogen (secondary N) is 3. The highest BCUT2D eigenvalue weighted by molar-refractivity contribution is 8.07. The van der Waals surface area contributed by atoms with Crippen molar-refractivity contribution < 1.29 is 50.4 Å². The number of carbonyl (C=O) groups excluding carboxylic acids is 1. The number of anilines is 2. The molecule has 2 saturated heterocycles. The van der Waals surface area contributed by atoms with Crippen LogP contribution in [0.5, 0.6) is 0 Å². The summed E-state index contributed by atoms with van der Waals surface area (Å²) < 4.78 is 81.4. The number of alkyl halides is 2. The number of H-pyrrole nitrogens is 1. The monoisotopic (exact) mass is 775 g/mol. The van der Waals surface area contributed by atoms with E-state index >= 15 is 8.78 Å². The minimum Gasteiger partial charge on any atom is -0.364 e. The first-order valence-corrected chi connectivity index (χ1v) is 19.7.